The van der Waals surface area contributed by atoms with E-state index in [-0.39, 0.29) is 35.7 Å². The molecule has 1 aliphatic rings. The lowest BCUT2D eigenvalue weighted by Gasteiger charge is -2.38. The van der Waals surface area contributed by atoms with Gasteiger partial charge in [-0.05, 0) is 74.1 Å². The summed E-state index contributed by atoms with van der Waals surface area (Å²) in [5.41, 5.74) is 2.46. The Hall–Kier alpha value is -4.61. The average molecular weight is 591 g/mol. The smallest absolute Gasteiger partial charge is 0.335 e. The largest absolute Gasteiger partial charge is 0.497 e. The van der Waals surface area contributed by atoms with Gasteiger partial charge < -0.3 is 35.2 Å². The molecule has 11 heteroatoms. The van der Waals surface area contributed by atoms with Gasteiger partial charge in [0.1, 0.15) is 17.6 Å². The van der Waals surface area contributed by atoms with Crippen LogP contribution in [-0.4, -0.2) is 83.9 Å². The molecule has 0 aliphatic carbocycles. The SMILES string of the molecule is COc1ccc(NC(=O)Nc2ccc3c(c2)C(=O)N([C@@H](C)CO)C[C@H](C)[C@@H](CN(C)Cc2ccc(C(=O)O)cc2)O3)cc1. The van der Waals surface area contributed by atoms with E-state index >= 15 is 0 Å². The number of aliphatic hydroxyl groups is 1. The number of hydrogen-bond donors (Lipinski definition) is 4. The summed E-state index contributed by atoms with van der Waals surface area (Å²) in [7, 11) is 3.52. The lowest BCUT2D eigenvalue weighted by atomic mass is 9.99. The molecule has 0 saturated carbocycles. The summed E-state index contributed by atoms with van der Waals surface area (Å²) >= 11 is 0. The van der Waals surface area contributed by atoms with Gasteiger partial charge >= 0.3 is 12.0 Å². The molecular weight excluding hydrogens is 552 g/mol. The first kappa shape index (κ1) is 31.3. The van der Waals surface area contributed by atoms with Crippen LogP contribution in [0.15, 0.2) is 66.7 Å². The molecular formula is C32H38N4O7. The predicted octanol–water partition coefficient (Wildman–Crippen LogP) is 4.39. The van der Waals surface area contributed by atoms with E-state index in [9.17, 15) is 19.5 Å². The van der Waals surface area contributed by atoms with Crippen molar-refractivity contribution >= 4 is 29.3 Å². The minimum absolute atomic E-state index is 0.0731. The van der Waals surface area contributed by atoms with Crippen molar-refractivity contribution in [2.75, 3.05) is 44.5 Å². The molecule has 0 bridgehead atoms. The number of carboxylic acids is 1. The lowest BCUT2D eigenvalue weighted by molar-refractivity contribution is 0.0341. The van der Waals surface area contributed by atoms with Crippen LogP contribution in [0.1, 0.15) is 40.1 Å². The van der Waals surface area contributed by atoms with Gasteiger partial charge in [-0.3, -0.25) is 9.69 Å². The summed E-state index contributed by atoms with van der Waals surface area (Å²) in [5, 5.41) is 24.6. The summed E-state index contributed by atoms with van der Waals surface area (Å²) in [5.74, 6) is -0.287. The normalized spacial score (nSPS) is 17.3. The van der Waals surface area contributed by atoms with Crippen LogP contribution in [0.3, 0.4) is 0 Å². The van der Waals surface area contributed by atoms with Gasteiger partial charge in [0.05, 0.1) is 30.9 Å². The van der Waals surface area contributed by atoms with Gasteiger partial charge in [-0.1, -0.05) is 19.1 Å². The van der Waals surface area contributed by atoms with Gasteiger partial charge in [-0.25, -0.2) is 9.59 Å². The van der Waals surface area contributed by atoms with E-state index in [1.165, 1.54) is 0 Å². The third-order valence-electron chi connectivity index (χ3n) is 7.42. The molecule has 0 unspecified atom stereocenters. The molecule has 0 spiro atoms. The summed E-state index contributed by atoms with van der Waals surface area (Å²) < 4.78 is 11.6. The van der Waals surface area contributed by atoms with Crippen LogP contribution >= 0.6 is 0 Å². The van der Waals surface area contributed by atoms with Crippen LogP contribution in [0.4, 0.5) is 16.2 Å². The highest BCUT2D eigenvalue weighted by Gasteiger charge is 2.33. The fourth-order valence-corrected chi connectivity index (χ4v) is 4.92. The fraction of sp³-hybridized carbons (Fsp3) is 0.344. The molecule has 1 heterocycles. The van der Waals surface area contributed by atoms with Crippen LogP contribution in [0.5, 0.6) is 11.5 Å². The molecule has 4 N–H and O–H groups in total. The summed E-state index contributed by atoms with van der Waals surface area (Å²) in [6.45, 7) is 5.06. The number of fused-ring (bicyclic) bond motifs is 1. The zero-order valence-corrected chi connectivity index (χ0v) is 24.7. The number of hydrogen-bond acceptors (Lipinski definition) is 7. The minimum Gasteiger partial charge on any atom is -0.497 e. The number of likely N-dealkylation sites (N-methyl/N-ethyl adjacent to an activating group) is 1. The Kier molecular flexibility index (Phi) is 10.2. The molecule has 1 aliphatic heterocycles. The van der Waals surface area contributed by atoms with Crippen molar-refractivity contribution in [1.82, 2.24) is 9.80 Å². The number of rotatable bonds is 10. The Morgan fingerprint density at radius 3 is 2.35 bits per heavy atom. The van der Waals surface area contributed by atoms with Crippen LogP contribution in [0.25, 0.3) is 0 Å². The number of amides is 3. The number of urea groups is 1. The summed E-state index contributed by atoms with van der Waals surface area (Å²) in [6.07, 6.45) is -0.305. The van der Waals surface area contributed by atoms with E-state index in [2.05, 4.69) is 15.5 Å². The number of carbonyl (C=O) groups is 3. The van der Waals surface area contributed by atoms with Crippen molar-refractivity contribution in [3.8, 4) is 11.5 Å². The predicted molar refractivity (Wildman–Crippen MR) is 163 cm³/mol. The number of methoxy groups -OCH3 is 1. The molecule has 11 nitrogen and oxygen atoms in total. The minimum atomic E-state index is -0.970. The molecule has 0 fully saturated rings. The second kappa shape index (κ2) is 14.0. The molecule has 3 amide bonds. The van der Waals surface area contributed by atoms with Gasteiger partial charge in [-0.15, -0.1) is 0 Å². The molecule has 3 aromatic carbocycles. The first-order valence-electron chi connectivity index (χ1n) is 14.0. The third kappa shape index (κ3) is 8.02. The van der Waals surface area contributed by atoms with E-state index < -0.39 is 18.0 Å². The average Bonchev–Trinajstić information content (AvgIpc) is 2.99. The maximum Gasteiger partial charge on any atom is 0.335 e. The highest BCUT2D eigenvalue weighted by atomic mass is 16.5. The van der Waals surface area contributed by atoms with Gasteiger partial charge in [0.2, 0.25) is 0 Å². The second-order valence-corrected chi connectivity index (χ2v) is 10.8. The van der Waals surface area contributed by atoms with Crippen molar-refractivity contribution in [1.29, 1.82) is 0 Å². The summed E-state index contributed by atoms with van der Waals surface area (Å²) in [6, 6.07) is 17.7. The van der Waals surface area contributed by atoms with Gasteiger partial charge in [0.25, 0.3) is 5.91 Å². The molecule has 3 atom stereocenters. The van der Waals surface area contributed by atoms with Crippen LogP contribution < -0.4 is 20.1 Å². The molecule has 4 rings (SSSR count). The maximum atomic E-state index is 13.7. The Labute approximate surface area is 251 Å². The third-order valence-corrected chi connectivity index (χ3v) is 7.42. The number of aromatic carboxylic acids is 1. The number of nitrogens with one attached hydrogen (secondary N) is 2. The molecule has 0 aromatic heterocycles. The van der Waals surface area contributed by atoms with E-state index in [4.69, 9.17) is 14.6 Å². The Bertz CT molecular complexity index is 1430. The number of nitrogens with zero attached hydrogens (tertiary/aromatic N) is 2. The summed E-state index contributed by atoms with van der Waals surface area (Å²) in [4.78, 5) is 41.3. The Morgan fingerprint density at radius 2 is 1.72 bits per heavy atom. The van der Waals surface area contributed by atoms with E-state index in [0.717, 1.165) is 5.56 Å². The van der Waals surface area contributed by atoms with Crippen molar-refractivity contribution in [2.24, 2.45) is 5.92 Å². The van der Waals surface area contributed by atoms with Gasteiger partial charge in [0, 0.05) is 36.9 Å². The molecule has 3 aromatic rings. The highest BCUT2D eigenvalue weighted by Crippen LogP contribution is 2.31. The van der Waals surface area contributed by atoms with Gasteiger partial charge in [-0.2, -0.15) is 0 Å². The number of benzene rings is 3. The van der Waals surface area contributed by atoms with E-state index in [0.29, 0.717) is 42.5 Å². The number of aliphatic hydroxyl groups excluding tert-OH is 1. The van der Waals surface area contributed by atoms with Crippen LogP contribution in [0, 0.1) is 5.92 Å². The second-order valence-electron chi connectivity index (χ2n) is 10.8. The molecule has 0 saturated heterocycles. The molecule has 228 valence electrons. The van der Waals surface area contributed by atoms with Crippen LogP contribution in [0.2, 0.25) is 0 Å². The standard InChI is InChI=1S/C32H38N4O7/c1-20-16-36(21(2)19-37)30(38)27-15-25(34-32(41)33-24-9-12-26(42-4)13-10-24)11-14-28(27)43-29(20)18-35(3)17-22-5-7-23(8-6-22)31(39)40/h5-15,20-21,29,37H,16-19H2,1-4H3,(H,39,40)(H2,33,34,41)/t20-,21-,29+/m0/s1. The monoisotopic (exact) mass is 590 g/mol. The fourth-order valence-electron chi connectivity index (χ4n) is 4.92. The van der Waals surface area contributed by atoms with E-state index in [1.54, 1.807) is 85.7 Å². The van der Waals surface area contributed by atoms with Crippen molar-refractivity contribution < 1.29 is 34.1 Å². The number of carboxylic acid groups (broad SMARTS) is 1. The Morgan fingerprint density at radius 1 is 1.07 bits per heavy atom. The topological polar surface area (TPSA) is 141 Å². The number of carbonyl (C=O) groups excluding carboxylic acids is 2. The van der Waals surface area contributed by atoms with Crippen molar-refractivity contribution in [3.05, 3.63) is 83.4 Å². The number of ether oxygens (including phenoxy) is 2. The van der Waals surface area contributed by atoms with Crippen molar-refractivity contribution in [2.45, 2.75) is 32.5 Å². The van der Waals surface area contributed by atoms with Crippen molar-refractivity contribution in [3.63, 3.8) is 0 Å². The lowest BCUT2D eigenvalue weighted by Crippen LogP contribution is -2.49. The first-order valence-corrected chi connectivity index (χ1v) is 14.0. The highest BCUT2D eigenvalue weighted by molar-refractivity contribution is 6.02. The maximum absolute atomic E-state index is 13.7. The zero-order valence-electron chi connectivity index (χ0n) is 24.7. The number of anilines is 2. The Balaban J connectivity index is 1.53. The van der Waals surface area contributed by atoms with Crippen LogP contribution in [-0.2, 0) is 6.54 Å². The zero-order chi connectivity index (χ0) is 31.1. The quantitative estimate of drug-likeness (QED) is 0.273. The molecule has 43 heavy (non-hydrogen) atoms. The first-order chi connectivity index (χ1) is 20.6. The molecule has 0 radical (unpaired) electrons. The van der Waals surface area contributed by atoms with E-state index in [1.807, 2.05) is 14.0 Å². The van der Waals surface area contributed by atoms with Gasteiger partial charge in [0.15, 0.2) is 0 Å².